The van der Waals surface area contributed by atoms with Gasteiger partial charge in [-0.15, -0.1) is 0 Å². The molecule has 39 heavy (non-hydrogen) atoms. The number of ether oxygens (including phenoxy) is 1. The van der Waals surface area contributed by atoms with Crippen molar-refractivity contribution in [3.8, 4) is 23.3 Å². The first-order valence-corrected chi connectivity index (χ1v) is 12.4. The molecule has 11 heteroatoms. The van der Waals surface area contributed by atoms with Crippen LogP contribution in [0.5, 0.6) is 11.5 Å². The Hall–Kier alpha value is -4.95. The summed E-state index contributed by atoms with van der Waals surface area (Å²) in [5.74, 6) is 1.13. The van der Waals surface area contributed by atoms with Crippen LogP contribution in [0.25, 0.3) is 16.9 Å². The van der Waals surface area contributed by atoms with E-state index in [1.54, 1.807) is 47.6 Å². The molecule has 0 unspecified atom stereocenters. The molecule has 2 aromatic carbocycles. The smallest absolute Gasteiger partial charge is 0.335 e. The Morgan fingerprint density at radius 3 is 2.44 bits per heavy atom. The molecule has 3 heterocycles. The van der Waals surface area contributed by atoms with Crippen LogP contribution in [0.4, 0.5) is 5.82 Å². The van der Waals surface area contributed by atoms with Crippen molar-refractivity contribution in [3.63, 3.8) is 0 Å². The second-order valence-electron chi connectivity index (χ2n) is 10.1. The minimum atomic E-state index is -0.786. The summed E-state index contributed by atoms with van der Waals surface area (Å²) in [5.41, 5.74) is 12.5. The zero-order chi connectivity index (χ0) is 27.7. The molecule has 4 N–H and O–H groups in total. The van der Waals surface area contributed by atoms with E-state index in [1.165, 1.54) is 17.0 Å². The first-order valence-electron chi connectivity index (χ1n) is 12.4. The van der Waals surface area contributed by atoms with E-state index in [1.807, 2.05) is 36.4 Å². The number of hydrogen-bond donors (Lipinski definition) is 2. The summed E-state index contributed by atoms with van der Waals surface area (Å²) in [5, 5.41) is 9.41. The lowest BCUT2D eigenvalue weighted by molar-refractivity contribution is -0.133. The molecule has 0 aliphatic carbocycles. The van der Waals surface area contributed by atoms with Crippen LogP contribution in [0.1, 0.15) is 13.8 Å². The fourth-order valence-corrected chi connectivity index (χ4v) is 4.59. The number of benzene rings is 2. The SMILES string of the molecule is CC(C)(N)C=C(C#N)C(=O)N1CC(Cn2c(=O)n(-c3ccc(Oc4ccccc4)cc3)c3c(N)ncnc32)C1. The van der Waals surface area contributed by atoms with E-state index in [0.29, 0.717) is 48.0 Å². The number of rotatable bonds is 7. The molecule has 0 saturated carbocycles. The van der Waals surface area contributed by atoms with E-state index in [4.69, 9.17) is 16.2 Å². The van der Waals surface area contributed by atoms with E-state index in [-0.39, 0.29) is 28.9 Å². The molecule has 0 atom stereocenters. The van der Waals surface area contributed by atoms with Crippen LogP contribution in [0.3, 0.4) is 0 Å². The van der Waals surface area contributed by atoms with Crippen LogP contribution in [0, 0.1) is 17.2 Å². The van der Waals surface area contributed by atoms with Crippen molar-refractivity contribution >= 4 is 22.9 Å². The quantitative estimate of drug-likeness (QED) is 0.276. The molecule has 198 valence electrons. The molecule has 2 aromatic heterocycles. The van der Waals surface area contributed by atoms with Gasteiger partial charge in [0.2, 0.25) is 0 Å². The summed E-state index contributed by atoms with van der Waals surface area (Å²) in [7, 11) is 0. The summed E-state index contributed by atoms with van der Waals surface area (Å²) in [6, 6.07) is 18.4. The molecule has 5 rings (SSSR count). The topological polar surface area (TPSA) is 158 Å². The zero-order valence-electron chi connectivity index (χ0n) is 21.6. The Morgan fingerprint density at radius 1 is 1.13 bits per heavy atom. The van der Waals surface area contributed by atoms with E-state index in [9.17, 15) is 14.9 Å². The highest BCUT2D eigenvalue weighted by atomic mass is 16.5. The van der Waals surface area contributed by atoms with Crippen molar-refractivity contribution in [3.05, 3.63) is 83.1 Å². The number of hydrogen-bond acceptors (Lipinski definition) is 8. The third-order valence-corrected chi connectivity index (χ3v) is 6.36. The van der Waals surface area contributed by atoms with Crippen molar-refractivity contribution in [2.75, 3.05) is 18.8 Å². The van der Waals surface area contributed by atoms with Gasteiger partial charge in [-0.1, -0.05) is 18.2 Å². The van der Waals surface area contributed by atoms with E-state index in [2.05, 4.69) is 9.97 Å². The van der Waals surface area contributed by atoms with Gasteiger partial charge < -0.3 is 21.1 Å². The molecule has 1 fully saturated rings. The lowest BCUT2D eigenvalue weighted by atomic mass is 9.97. The fourth-order valence-electron chi connectivity index (χ4n) is 4.59. The lowest BCUT2D eigenvalue weighted by Crippen LogP contribution is -2.52. The van der Waals surface area contributed by atoms with Gasteiger partial charge in [-0.25, -0.2) is 14.8 Å². The number of imidazole rings is 1. The lowest BCUT2D eigenvalue weighted by Gasteiger charge is -2.39. The van der Waals surface area contributed by atoms with Crippen LogP contribution >= 0.6 is 0 Å². The van der Waals surface area contributed by atoms with Crippen LogP contribution in [0.15, 0.2) is 77.4 Å². The Kier molecular flexibility index (Phi) is 6.64. The largest absolute Gasteiger partial charge is 0.457 e. The highest BCUT2D eigenvalue weighted by Crippen LogP contribution is 2.26. The molecular weight excluding hydrogens is 496 g/mol. The first kappa shape index (κ1) is 25.7. The number of nitrogen functional groups attached to an aromatic ring is 1. The van der Waals surface area contributed by atoms with Gasteiger partial charge in [0.05, 0.1) is 5.69 Å². The van der Waals surface area contributed by atoms with Crippen LogP contribution in [-0.4, -0.2) is 48.5 Å². The number of fused-ring (bicyclic) bond motifs is 1. The number of nitrogens with zero attached hydrogens (tertiary/aromatic N) is 6. The number of carbonyl (C=O) groups is 1. The third kappa shape index (κ3) is 5.23. The Balaban J connectivity index is 1.39. The third-order valence-electron chi connectivity index (χ3n) is 6.36. The molecule has 11 nitrogen and oxygen atoms in total. The molecule has 0 bridgehead atoms. The maximum atomic E-state index is 13.6. The van der Waals surface area contributed by atoms with Crippen molar-refractivity contribution in [1.82, 2.24) is 24.0 Å². The average Bonchev–Trinajstić information content (AvgIpc) is 3.17. The normalized spacial score (nSPS) is 14.2. The van der Waals surface area contributed by atoms with Gasteiger partial charge in [0.1, 0.15) is 35.0 Å². The number of para-hydroxylation sites is 1. The van der Waals surface area contributed by atoms with Gasteiger partial charge in [0.25, 0.3) is 5.91 Å². The van der Waals surface area contributed by atoms with E-state index in [0.717, 1.165) is 0 Å². The van der Waals surface area contributed by atoms with Gasteiger partial charge >= 0.3 is 5.69 Å². The Morgan fingerprint density at radius 2 is 1.79 bits per heavy atom. The second-order valence-corrected chi connectivity index (χ2v) is 10.1. The highest BCUT2D eigenvalue weighted by molar-refractivity contribution is 5.98. The molecule has 1 aliphatic heterocycles. The van der Waals surface area contributed by atoms with Crippen molar-refractivity contribution in [1.29, 1.82) is 5.26 Å². The van der Waals surface area contributed by atoms with Gasteiger partial charge in [0.15, 0.2) is 11.5 Å². The highest BCUT2D eigenvalue weighted by Gasteiger charge is 2.34. The van der Waals surface area contributed by atoms with E-state index < -0.39 is 5.54 Å². The monoisotopic (exact) mass is 524 g/mol. The minimum absolute atomic E-state index is 0.00521. The van der Waals surface area contributed by atoms with Crippen LogP contribution in [-0.2, 0) is 11.3 Å². The molecule has 1 aliphatic rings. The maximum absolute atomic E-state index is 13.6. The maximum Gasteiger partial charge on any atom is 0.335 e. The van der Waals surface area contributed by atoms with Gasteiger partial charge in [-0.05, 0) is 56.3 Å². The predicted octanol–water partition coefficient (Wildman–Crippen LogP) is 2.60. The number of likely N-dealkylation sites (tertiary alicyclic amines) is 1. The average molecular weight is 525 g/mol. The molecule has 0 radical (unpaired) electrons. The molecule has 0 spiro atoms. The standard InChI is InChI=1S/C28H28N8O3/c1-28(2,31)12-19(13-29)26(37)34-14-18(15-34)16-35-25-23(24(30)32-17-33-25)36(27(35)38)20-8-10-22(11-9-20)39-21-6-4-3-5-7-21/h3-12,17-18H,14-16,31H2,1-2H3,(H2,30,32,33). The first-order chi connectivity index (χ1) is 18.6. The number of carbonyl (C=O) groups excluding carboxylic acids is 1. The summed E-state index contributed by atoms with van der Waals surface area (Å²) in [6.07, 6.45) is 2.79. The number of nitriles is 1. The number of amides is 1. The summed E-state index contributed by atoms with van der Waals surface area (Å²) in [6.45, 7) is 4.56. The van der Waals surface area contributed by atoms with Gasteiger partial charge in [0, 0.05) is 31.1 Å². The minimum Gasteiger partial charge on any atom is -0.457 e. The predicted molar refractivity (Wildman–Crippen MR) is 146 cm³/mol. The van der Waals surface area contributed by atoms with E-state index >= 15 is 0 Å². The fraction of sp³-hybridized carbons (Fsp3) is 0.250. The van der Waals surface area contributed by atoms with Crippen LogP contribution in [0.2, 0.25) is 0 Å². The molecule has 4 aromatic rings. The van der Waals surface area contributed by atoms with Crippen molar-refractivity contribution in [2.24, 2.45) is 11.7 Å². The van der Waals surface area contributed by atoms with Gasteiger partial charge in [-0.2, -0.15) is 5.26 Å². The summed E-state index contributed by atoms with van der Waals surface area (Å²) in [4.78, 5) is 36.4. The van der Waals surface area contributed by atoms with Crippen molar-refractivity contribution < 1.29 is 9.53 Å². The zero-order valence-corrected chi connectivity index (χ0v) is 21.6. The van der Waals surface area contributed by atoms with Crippen molar-refractivity contribution in [2.45, 2.75) is 25.9 Å². The Bertz CT molecular complexity index is 1650. The number of nitrogens with two attached hydrogens (primary N) is 2. The molecule has 1 amide bonds. The molecule has 1 saturated heterocycles. The summed E-state index contributed by atoms with van der Waals surface area (Å²) < 4.78 is 8.90. The summed E-state index contributed by atoms with van der Waals surface area (Å²) >= 11 is 0. The Labute approximate surface area is 224 Å². The molecular formula is C28H28N8O3. The van der Waals surface area contributed by atoms with Gasteiger partial charge in [-0.3, -0.25) is 13.9 Å². The second kappa shape index (κ2) is 10.1. The van der Waals surface area contributed by atoms with Crippen LogP contribution < -0.4 is 21.9 Å². The number of anilines is 1. The number of aromatic nitrogens is 4.